The lowest BCUT2D eigenvalue weighted by molar-refractivity contribution is 0.122. The van der Waals surface area contributed by atoms with Crippen molar-refractivity contribution < 1.29 is 4.74 Å². The second-order valence-corrected chi connectivity index (χ2v) is 8.21. The molecule has 0 saturated carbocycles. The summed E-state index contributed by atoms with van der Waals surface area (Å²) < 4.78 is 5.45. The fourth-order valence-corrected chi connectivity index (χ4v) is 3.94. The van der Waals surface area contributed by atoms with Crippen molar-refractivity contribution >= 4 is 17.7 Å². The third-order valence-electron chi connectivity index (χ3n) is 5.28. The van der Waals surface area contributed by atoms with Crippen LogP contribution < -0.4 is 15.5 Å². The number of ether oxygens (including phenoxy) is 1. The minimum atomic E-state index is 0.0920. The van der Waals surface area contributed by atoms with Gasteiger partial charge in [0.15, 0.2) is 0 Å². The highest BCUT2D eigenvalue weighted by Gasteiger charge is 2.34. The Morgan fingerprint density at radius 2 is 2.04 bits per heavy atom. The van der Waals surface area contributed by atoms with Gasteiger partial charge in [0.25, 0.3) is 0 Å². The zero-order valence-corrected chi connectivity index (χ0v) is 16.9. The van der Waals surface area contributed by atoms with Gasteiger partial charge in [-0.15, -0.1) is 0 Å². The monoisotopic (exact) mass is 383 g/mol. The van der Waals surface area contributed by atoms with Gasteiger partial charge in [-0.05, 0) is 31.2 Å². The smallest absolute Gasteiger partial charge is 0.225 e. The van der Waals surface area contributed by atoms with E-state index in [1.165, 1.54) is 0 Å². The minimum absolute atomic E-state index is 0.0920. The molecule has 0 radical (unpaired) electrons. The van der Waals surface area contributed by atoms with Crippen molar-refractivity contribution in [2.24, 2.45) is 5.41 Å². The van der Waals surface area contributed by atoms with E-state index in [-0.39, 0.29) is 11.5 Å². The molecule has 0 aromatic carbocycles. The summed E-state index contributed by atoms with van der Waals surface area (Å²) in [7, 11) is 0. The van der Waals surface area contributed by atoms with E-state index in [9.17, 15) is 0 Å². The van der Waals surface area contributed by atoms with E-state index in [1.54, 1.807) is 6.20 Å². The van der Waals surface area contributed by atoms with Crippen LogP contribution in [-0.2, 0) is 11.2 Å². The number of nitrogens with one attached hydrogen (secondary N) is 2. The number of rotatable bonds is 5. The Kier molecular flexibility index (Phi) is 5.30. The molecular formula is C20H29N7O. The summed E-state index contributed by atoms with van der Waals surface area (Å²) in [6, 6.07) is 1.97. The molecular weight excluding hydrogens is 354 g/mol. The van der Waals surface area contributed by atoms with Gasteiger partial charge in [0.05, 0.1) is 24.9 Å². The van der Waals surface area contributed by atoms with Gasteiger partial charge in [0.2, 0.25) is 11.9 Å². The summed E-state index contributed by atoms with van der Waals surface area (Å²) in [4.78, 5) is 20.8. The van der Waals surface area contributed by atoms with E-state index in [1.807, 2.05) is 12.3 Å². The zero-order chi connectivity index (χ0) is 19.6. The Hall–Kier alpha value is -2.48. The lowest BCUT2D eigenvalue weighted by atomic mass is 9.74. The molecule has 1 unspecified atom stereocenters. The molecule has 150 valence electrons. The minimum Gasteiger partial charge on any atom is -0.378 e. The molecule has 1 atom stereocenters. The summed E-state index contributed by atoms with van der Waals surface area (Å²) in [6.45, 7) is 10.6. The summed E-state index contributed by atoms with van der Waals surface area (Å²) in [6.07, 6.45) is 5.68. The lowest BCUT2D eigenvalue weighted by Gasteiger charge is -2.37. The Balaban J connectivity index is 1.60. The van der Waals surface area contributed by atoms with Gasteiger partial charge in [-0.2, -0.15) is 4.98 Å². The third kappa shape index (κ3) is 4.16. The lowest BCUT2D eigenvalue weighted by Crippen LogP contribution is -2.38. The summed E-state index contributed by atoms with van der Waals surface area (Å²) in [5.41, 5.74) is 2.41. The molecule has 2 aromatic heterocycles. The zero-order valence-electron chi connectivity index (χ0n) is 16.9. The predicted octanol–water partition coefficient (Wildman–Crippen LogP) is 2.66. The topological polar surface area (TPSA) is 88.1 Å². The second kappa shape index (κ2) is 7.87. The van der Waals surface area contributed by atoms with Crippen molar-refractivity contribution in [2.45, 2.75) is 39.7 Å². The summed E-state index contributed by atoms with van der Waals surface area (Å²) in [5, 5.41) is 6.75. The quantitative estimate of drug-likeness (QED) is 0.815. The molecule has 0 bridgehead atoms. The Morgan fingerprint density at radius 1 is 1.21 bits per heavy atom. The molecule has 1 aliphatic carbocycles. The van der Waals surface area contributed by atoms with E-state index in [0.29, 0.717) is 5.95 Å². The molecule has 8 heteroatoms. The van der Waals surface area contributed by atoms with Crippen molar-refractivity contribution in [2.75, 3.05) is 48.4 Å². The number of morpholine rings is 1. The van der Waals surface area contributed by atoms with Gasteiger partial charge in [-0.25, -0.2) is 15.0 Å². The first-order valence-electron chi connectivity index (χ1n) is 10.1. The Bertz CT molecular complexity index is 820. The fourth-order valence-electron chi connectivity index (χ4n) is 3.94. The van der Waals surface area contributed by atoms with Gasteiger partial charge in [0.1, 0.15) is 5.82 Å². The third-order valence-corrected chi connectivity index (χ3v) is 5.28. The molecule has 28 heavy (non-hydrogen) atoms. The predicted molar refractivity (Wildman–Crippen MR) is 110 cm³/mol. The molecule has 0 amide bonds. The SMILES string of the molecule is CCNc1ccnc(NC2CC(C)(C)Cc3nc(N4CCOCC4)ncc32)n1. The standard InChI is InChI=1S/C20H29N7O/c1-4-21-17-5-6-22-18(26-17)24-15-11-20(2,3)12-16-14(15)13-23-19(25-16)27-7-9-28-10-8-27/h5-6,13,15H,4,7-12H2,1-3H3,(H2,21,22,24,26). The van der Waals surface area contributed by atoms with Gasteiger partial charge in [-0.3, -0.25) is 0 Å². The molecule has 2 aliphatic rings. The summed E-state index contributed by atoms with van der Waals surface area (Å²) in [5.74, 6) is 2.27. The van der Waals surface area contributed by atoms with Crippen LogP contribution in [0, 0.1) is 5.41 Å². The first kappa shape index (κ1) is 18.9. The number of nitrogens with zero attached hydrogens (tertiary/aromatic N) is 5. The average Bonchev–Trinajstić information content (AvgIpc) is 2.68. The van der Waals surface area contributed by atoms with E-state index < -0.39 is 0 Å². The van der Waals surface area contributed by atoms with Crippen molar-refractivity contribution in [1.29, 1.82) is 0 Å². The molecule has 0 spiro atoms. The van der Waals surface area contributed by atoms with E-state index in [2.05, 4.69) is 51.3 Å². The molecule has 4 rings (SSSR count). The van der Waals surface area contributed by atoms with Gasteiger partial charge < -0.3 is 20.3 Å². The number of aromatic nitrogens is 4. The van der Waals surface area contributed by atoms with E-state index in [4.69, 9.17) is 9.72 Å². The van der Waals surface area contributed by atoms with Gasteiger partial charge >= 0.3 is 0 Å². The van der Waals surface area contributed by atoms with Crippen LogP contribution >= 0.6 is 0 Å². The highest BCUT2D eigenvalue weighted by atomic mass is 16.5. The Labute approximate surface area is 166 Å². The number of anilines is 3. The van der Waals surface area contributed by atoms with Gasteiger partial charge in [-0.1, -0.05) is 13.8 Å². The molecule has 3 heterocycles. The average molecular weight is 384 g/mol. The molecule has 2 N–H and O–H groups in total. The molecule has 2 aromatic rings. The molecule has 1 fully saturated rings. The van der Waals surface area contributed by atoms with E-state index >= 15 is 0 Å². The maximum atomic E-state index is 5.45. The highest BCUT2D eigenvalue weighted by Crippen LogP contribution is 2.41. The first-order valence-corrected chi connectivity index (χ1v) is 10.1. The number of hydrogen-bond acceptors (Lipinski definition) is 8. The van der Waals surface area contributed by atoms with Crippen LogP contribution in [0.25, 0.3) is 0 Å². The molecule has 1 saturated heterocycles. The van der Waals surface area contributed by atoms with E-state index in [0.717, 1.165) is 68.7 Å². The van der Waals surface area contributed by atoms with Crippen LogP contribution in [0.3, 0.4) is 0 Å². The van der Waals surface area contributed by atoms with Crippen molar-refractivity contribution in [1.82, 2.24) is 19.9 Å². The first-order chi connectivity index (χ1) is 13.5. The van der Waals surface area contributed by atoms with Crippen LogP contribution in [-0.4, -0.2) is 52.8 Å². The van der Waals surface area contributed by atoms with Gasteiger partial charge in [0, 0.05) is 37.6 Å². The fraction of sp³-hybridized carbons (Fsp3) is 0.600. The highest BCUT2D eigenvalue weighted by molar-refractivity contribution is 5.43. The second-order valence-electron chi connectivity index (χ2n) is 8.21. The van der Waals surface area contributed by atoms with Crippen LogP contribution in [0.1, 0.15) is 44.5 Å². The van der Waals surface area contributed by atoms with Crippen LogP contribution in [0.5, 0.6) is 0 Å². The number of fused-ring (bicyclic) bond motifs is 1. The van der Waals surface area contributed by atoms with Crippen LogP contribution in [0.2, 0.25) is 0 Å². The van der Waals surface area contributed by atoms with Crippen molar-refractivity contribution in [3.05, 3.63) is 29.7 Å². The van der Waals surface area contributed by atoms with Crippen LogP contribution in [0.4, 0.5) is 17.7 Å². The maximum absolute atomic E-state index is 5.45. The number of hydrogen-bond donors (Lipinski definition) is 2. The molecule has 1 aliphatic heterocycles. The van der Waals surface area contributed by atoms with Crippen molar-refractivity contribution in [3.8, 4) is 0 Å². The van der Waals surface area contributed by atoms with Crippen LogP contribution in [0.15, 0.2) is 18.5 Å². The molecule has 8 nitrogen and oxygen atoms in total. The normalized spacial score (nSPS) is 21.1. The Morgan fingerprint density at radius 3 is 2.82 bits per heavy atom. The van der Waals surface area contributed by atoms with Crippen molar-refractivity contribution in [3.63, 3.8) is 0 Å². The largest absolute Gasteiger partial charge is 0.378 e. The maximum Gasteiger partial charge on any atom is 0.225 e. The summed E-state index contributed by atoms with van der Waals surface area (Å²) >= 11 is 0.